The van der Waals surface area contributed by atoms with Crippen LogP contribution in [0.15, 0.2) is 66.0 Å². The number of piperidine rings is 1. The summed E-state index contributed by atoms with van der Waals surface area (Å²) in [4.78, 5) is 5.23. The van der Waals surface area contributed by atoms with Crippen LogP contribution in [-0.2, 0) is 10.0 Å². The van der Waals surface area contributed by atoms with Crippen molar-refractivity contribution in [3.8, 4) is 11.1 Å². The van der Waals surface area contributed by atoms with Crippen molar-refractivity contribution >= 4 is 20.9 Å². The molecule has 174 valence electrons. The molecule has 33 heavy (non-hydrogen) atoms. The molecule has 0 bridgehead atoms. The second-order valence-electron chi connectivity index (χ2n) is 8.91. The molecule has 0 saturated carbocycles. The van der Waals surface area contributed by atoms with Gasteiger partial charge >= 0.3 is 0 Å². The number of sulfonamides is 1. The van der Waals surface area contributed by atoms with E-state index in [2.05, 4.69) is 10.3 Å². The summed E-state index contributed by atoms with van der Waals surface area (Å²) < 4.78 is 41.6. The summed E-state index contributed by atoms with van der Waals surface area (Å²) in [6, 6.07) is 11.3. The Morgan fingerprint density at radius 1 is 1.21 bits per heavy atom. The highest BCUT2D eigenvalue weighted by molar-refractivity contribution is 7.89. The van der Waals surface area contributed by atoms with Crippen molar-refractivity contribution in [2.75, 3.05) is 19.6 Å². The van der Waals surface area contributed by atoms with Crippen molar-refractivity contribution in [3.05, 3.63) is 66.9 Å². The van der Waals surface area contributed by atoms with Crippen molar-refractivity contribution in [2.24, 2.45) is 0 Å². The van der Waals surface area contributed by atoms with Gasteiger partial charge in [0.25, 0.3) is 0 Å². The Morgan fingerprint density at radius 2 is 2.00 bits per heavy atom. The van der Waals surface area contributed by atoms with Crippen molar-refractivity contribution in [2.45, 2.75) is 36.4 Å². The van der Waals surface area contributed by atoms with Crippen LogP contribution in [0.3, 0.4) is 0 Å². The number of aromatic nitrogens is 1. The molecule has 3 aromatic rings. The third kappa shape index (κ3) is 4.12. The number of halogens is 1. The molecule has 3 N–H and O–H groups in total. The molecule has 7 nitrogen and oxygen atoms in total. The minimum Gasteiger partial charge on any atom is -0.387 e. The molecule has 9 heteroatoms. The molecule has 1 aromatic heterocycles. The lowest BCUT2D eigenvalue weighted by Gasteiger charge is -2.41. The Bertz CT molecular complexity index is 1300. The molecule has 2 aromatic carbocycles. The number of benzene rings is 2. The number of nitrogens with zero attached hydrogens (tertiary/aromatic N) is 2. The van der Waals surface area contributed by atoms with Gasteiger partial charge in [0.05, 0.1) is 16.7 Å². The van der Waals surface area contributed by atoms with E-state index in [9.17, 15) is 17.9 Å². The van der Waals surface area contributed by atoms with Crippen LogP contribution < -0.4 is 5.32 Å². The van der Waals surface area contributed by atoms with Gasteiger partial charge in [-0.25, -0.2) is 12.8 Å². The summed E-state index contributed by atoms with van der Waals surface area (Å²) in [7, 11) is -3.75. The predicted octanol–water partition coefficient (Wildman–Crippen LogP) is 3.21. The molecule has 3 heterocycles. The zero-order chi connectivity index (χ0) is 23.2. The van der Waals surface area contributed by atoms with Crippen LogP contribution in [0.4, 0.5) is 4.39 Å². The molecule has 2 aliphatic heterocycles. The number of nitrogens with one attached hydrogen (secondary N) is 2. The van der Waals surface area contributed by atoms with Gasteiger partial charge in [-0.2, -0.15) is 4.31 Å². The Labute approximate surface area is 192 Å². The molecule has 1 fully saturated rings. The molecule has 1 saturated heterocycles. The van der Waals surface area contributed by atoms with E-state index in [-0.39, 0.29) is 23.4 Å². The van der Waals surface area contributed by atoms with Gasteiger partial charge in [0.15, 0.2) is 0 Å². The lowest BCUT2D eigenvalue weighted by atomic mass is 9.93. The topological polar surface area (TPSA) is 88.7 Å². The molecule has 0 radical (unpaired) electrons. The fraction of sp³-hybridized carbons (Fsp3) is 0.333. The first kappa shape index (κ1) is 21.9. The molecule has 2 unspecified atom stereocenters. The maximum atomic E-state index is 13.5. The standard InChI is InChI=1S/C24H27FN4O3S/c1-17-26-10-12-28(17)15-24(30)9-2-11-29(16-24)33(31,32)20-6-3-18(4-7-20)22-14-27-23-13-19(25)5-8-21(22)23/h3-8,10,12-14,17,26-27,30H,2,9,11,15-16H2,1H3. The molecular formula is C24H27FN4O3S. The number of fused-ring (bicyclic) bond motifs is 1. The molecule has 2 atom stereocenters. The van der Waals surface area contributed by atoms with E-state index < -0.39 is 15.6 Å². The lowest BCUT2D eigenvalue weighted by molar-refractivity contribution is -0.0309. The molecule has 0 amide bonds. The largest absolute Gasteiger partial charge is 0.387 e. The van der Waals surface area contributed by atoms with E-state index >= 15 is 0 Å². The Balaban J connectivity index is 1.36. The van der Waals surface area contributed by atoms with Crippen LogP contribution in [0.5, 0.6) is 0 Å². The molecule has 5 rings (SSSR count). The van der Waals surface area contributed by atoms with Gasteiger partial charge in [-0.05, 0) is 55.7 Å². The van der Waals surface area contributed by atoms with E-state index in [1.165, 1.54) is 16.4 Å². The first-order chi connectivity index (χ1) is 15.7. The Kier molecular flexibility index (Phi) is 5.43. The summed E-state index contributed by atoms with van der Waals surface area (Å²) in [6.45, 7) is 2.79. The minimum absolute atomic E-state index is 0.0577. The van der Waals surface area contributed by atoms with E-state index in [0.29, 0.717) is 31.4 Å². The third-order valence-corrected chi connectivity index (χ3v) is 8.40. The molecular weight excluding hydrogens is 443 g/mol. The fourth-order valence-corrected chi connectivity index (χ4v) is 6.29. The number of hydrogen-bond acceptors (Lipinski definition) is 5. The average Bonchev–Trinajstić information content (AvgIpc) is 3.39. The van der Waals surface area contributed by atoms with Crippen molar-refractivity contribution in [3.63, 3.8) is 0 Å². The van der Waals surface area contributed by atoms with E-state index in [0.717, 1.165) is 16.5 Å². The lowest BCUT2D eigenvalue weighted by Crippen LogP contribution is -2.56. The summed E-state index contributed by atoms with van der Waals surface area (Å²) in [6.07, 6.45) is 6.72. The van der Waals surface area contributed by atoms with Crippen molar-refractivity contribution < 1.29 is 17.9 Å². The number of hydrogen-bond donors (Lipinski definition) is 3. The van der Waals surface area contributed by atoms with Gasteiger partial charge in [0, 0.05) is 54.7 Å². The highest BCUT2D eigenvalue weighted by atomic mass is 32.2. The number of rotatable bonds is 5. The second-order valence-corrected chi connectivity index (χ2v) is 10.9. The second kappa shape index (κ2) is 8.16. The summed E-state index contributed by atoms with van der Waals surface area (Å²) in [5.41, 5.74) is 1.29. The maximum Gasteiger partial charge on any atom is 0.243 e. The van der Waals surface area contributed by atoms with Gasteiger partial charge < -0.3 is 20.3 Å². The number of aliphatic hydroxyl groups is 1. The SMILES string of the molecule is CC1NC=CN1CC1(O)CCCN(S(=O)(=O)c2ccc(-c3c[nH]c4cc(F)ccc34)cc2)C1. The van der Waals surface area contributed by atoms with Crippen LogP contribution >= 0.6 is 0 Å². The van der Waals surface area contributed by atoms with Crippen LogP contribution in [0.1, 0.15) is 19.8 Å². The molecule has 2 aliphatic rings. The monoisotopic (exact) mass is 470 g/mol. The fourth-order valence-electron chi connectivity index (χ4n) is 4.73. The van der Waals surface area contributed by atoms with Crippen LogP contribution in [-0.4, -0.2) is 59.1 Å². The highest BCUT2D eigenvalue weighted by Gasteiger charge is 2.40. The smallest absolute Gasteiger partial charge is 0.243 e. The Hall–Kier alpha value is -2.88. The van der Waals surface area contributed by atoms with Gasteiger partial charge in [0.1, 0.15) is 5.82 Å². The van der Waals surface area contributed by atoms with Crippen LogP contribution in [0.2, 0.25) is 0 Å². The van der Waals surface area contributed by atoms with Gasteiger partial charge in [-0.3, -0.25) is 0 Å². The maximum absolute atomic E-state index is 13.5. The first-order valence-electron chi connectivity index (χ1n) is 11.0. The average molecular weight is 471 g/mol. The zero-order valence-corrected chi connectivity index (χ0v) is 19.1. The number of β-amino-alcohol motifs (C(OH)–C–C–N with tert-alkyl or cyclic N) is 1. The highest BCUT2D eigenvalue weighted by Crippen LogP contribution is 2.32. The van der Waals surface area contributed by atoms with Gasteiger partial charge in [-0.1, -0.05) is 12.1 Å². The van der Waals surface area contributed by atoms with E-state index in [1.807, 2.05) is 24.2 Å². The van der Waals surface area contributed by atoms with Crippen LogP contribution in [0.25, 0.3) is 22.0 Å². The minimum atomic E-state index is -3.75. The number of H-pyrrole nitrogens is 1. The number of aromatic amines is 1. The predicted molar refractivity (Wildman–Crippen MR) is 125 cm³/mol. The normalized spacial score (nSPS) is 23.8. The van der Waals surface area contributed by atoms with Gasteiger partial charge in [-0.15, -0.1) is 0 Å². The van der Waals surface area contributed by atoms with Crippen molar-refractivity contribution in [1.29, 1.82) is 0 Å². The summed E-state index contributed by atoms with van der Waals surface area (Å²) >= 11 is 0. The summed E-state index contributed by atoms with van der Waals surface area (Å²) in [5.74, 6) is -0.315. The molecule has 0 spiro atoms. The van der Waals surface area contributed by atoms with Crippen LogP contribution in [0, 0.1) is 5.82 Å². The molecule has 0 aliphatic carbocycles. The first-order valence-corrected chi connectivity index (χ1v) is 12.5. The summed E-state index contributed by atoms with van der Waals surface area (Å²) in [5, 5.41) is 15.2. The Morgan fingerprint density at radius 3 is 2.73 bits per heavy atom. The van der Waals surface area contributed by atoms with Gasteiger partial charge in [0.2, 0.25) is 10.0 Å². The van der Waals surface area contributed by atoms with E-state index in [1.54, 1.807) is 36.5 Å². The van der Waals surface area contributed by atoms with Crippen molar-refractivity contribution in [1.82, 2.24) is 19.5 Å². The zero-order valence-electron chi connectivity index (χ0n) is 18.3. The quantitative estimate of drug-likeness (QED) is 0.533. The van der Waals surface area contributed by atoms with E-state index in [4.69, 9.17) is 0 Å². The third-order valence-electron chi connectivity index (χ3n) is 6.55.